The van der Waals surface area contributed by atoms with Gasteiger partial charge in [0, 0.05) is 22.0 Å². The van der Waals surface area contributed by atoms with Gasteiger partial charge in [-0.05, 0) is 43.7 Å². The number of furan rings is 1. The Balaban J connectivity index is 1.62. The maximum Gasteiger partial charge on any atom is 0.374 e. The van der Waals surface area contributed by atoms with Gasteiger partial charge in [-0.15, -0.1) is 0 Å². The molecule has 1 amide bonds. The Morgan fingerprint density at radius 3 is 2.61 bits per heavy atom. The molecular formula is C23H22BrNO6. The van der Waals surface area contributed by atoms with Crippen molar-refractivity contribution in [3.63, 3.8) is 0 Å². The lowest BCUT2D eigenvalue weighted by Gasteiger charge is -2.08. The molecule has 1 N–H and O–H groups in total. The van der Waals surface area contributed by atoms with E-state index < -0.39 is 11.9 Å². The van der Waals surface area contributed by atoms with E-state index in [1.165, 1.54) is 0 Å². The third-order valence-corrected chi connectivity index (χ3v) is 5.09. The van der Waals surface area contributed by atoms with Crippen LogP contribution < -0.4 is 5.32 Å². The van der Waals surface area contributed by atoms with Crippen molar-refractivity contribution in [3.8, 4) is 0 Å². The van der Waals surface area contributed by atoms with Crippen molar-refractivity contribution in [2.24, 2.45) is 0 Å². The number of fused-ring (bicyclic) bond motifs is 1. The average Bonchev–Trinajstić information content (AvgIpc) is 3.10. The van der Waals surface area contributed by atoms with Gasteiger partial charge in [0.05, 0.1) is 18.6 Å². The van der Waals surface area contributed by atoms with Gasteiger partial charge in [-0.25, -0.2) is 4.79 Å². The van der Waals surface area contributed by atoms with E-state index in [1.807, 2.05) is 19.1 Å². The number of hydrogen-bond acceptors (Lipinski definition) is 6. The molecule has 1 heterocycles. The molecule has 0 unspecified atom stereocenters. The number of amides is 1. The molecule has 1 aromatic heterocycles. The summed E-state index contributed by atoms with van der Waals surface area (Å²) in [6, 6.07) is 12.5. The number of ether oxygens (including phenoxy) is 2. The summed E-state index contributed by atoms with van der Waals surface area (Å²) in [5, 5.41) is 3.36. The normalized spacial score (nSPS) is 10.7. The lowest BCUT2D eigenvalue weighted by molar-refractivity contribution is -0.144. The number of aryl methyl sites for hydroxylation is 1. The molecule has 0 fully saturated rings. The highest BCUT2D eigenvalue weighted by Crippen LogP contribution is 2.30. The van der Waals surface area contributed by atoms with E-state index in [0.29, 0.717) is 22.1 Å². The van der Waals surface area contributed by atoms with Crippen LogP contribution in [0.2, 0.25) is 0 Å². The fourth-order valence-corrected chi connectivity index (χ4v) is 3.41. The summed E-state index contributed by atoms with van der Waals surface area (Å²) in [7, 11) is 0. The molecular weight excluding hydrogens is 466 g/mol. The van der Waals surface area contributed by atoms with Crippen LogP contribution in [0.1, 0.15) is 45.4 Å². The maximum atomic E-state index is 12.3. The van der Waals surface area contributed by atoms with Crippen LogP contribution in [-0.2, 0) is 20.9 Å². The summed E-state index contributed by atoms with van der Waals surface area (Å²) in [5.41, 5.74) is 2.34. The third-order valence-electron chi connectivity index (χ3n) is 4.60. The molecule has 0 saturated carbocycles. The van der Waals surface area contributed by atoms with Crippen LogP contribution in [0.15, 0.2) is 51.4 Å². The fourth-order valence-electron chi connectivity index (χ4n) is 3.05. The second-order valence-electron chi connectivity index (χ2n) is 6.75. The number of carbonyl (C=O) groups is 3. The molecule has 31 heavy (non-hydrogen) atoms. The molecule has 7 nitrogen and oxygen atoms in total. The van der Waals surface area contributed by atoms with Gasteiger partial charge in [0.1, 0.15) is 12.2 Å². The quantitative estimate of drug-likeness (QED) is 0.468. The van der Waals surface area contributed by atoms with Crippen molar-refractivity contribution in [3.05, 3.63) is 69.4 Å². The van der Waals surface area contributed by atoms with Crippen molar-refractivity contribution in [2.45, 2.75) is 26.9 Å². The van der Waals surface area contributed by atoms with Crippen molar-refractivity contribution in [1.82, 2.24) is 5.32 Å². The van der Waals surface area contributed by atoms with Crippen LogP contribution in [0.4, 0.5) is 0 Å². The zero-order chi connectivity index (χ0) is 22.4. The Kier molecular flexibility index (Phi) is 7.46. The van der Waals surface area contributed by atoms with Crippen LogP contribution >= 0.6 is 15.9 Å². The van der Waals surface area contributed by atoms with Gasteiger partial charge in [0.2, 0.25) is 5.76 Å². The summed E-state index contributed by atoms with van der Waals surface area (Å²) in [5.74, 6) is -1.37. The molecule has 8 heteroatoms. The van der Waals surface area contributed by atoms with Gasteiger partial charge in [-0.1, -0.05) is 34.1 Å². The number of hydrogen-bond donors (Lipinski definition) is 1. The minimum atomic E-state index is -0.619. The first-order valence-electron chi connectivity index (χ1n) is 9.78. The largest absolute Gasteiger partial charge is 0.461 e. The number of carbonyl (C=O) groups excluding carboxylic acids is 3. The molecule has 0 radical (unpaired) electrons. The van der Waals surface area contributed by atoms with Crippen LogP contribution in [0.3, 0.4) is 0 Å². The van der Waals surface area contributed by atoms with Gasteiger partial charge in [-0.2, -0.15) is 0 Å². The predicted molar refractivity (Wildman–Crippen MR) is 118 cm³/mol. The monoisotopic (exact) mass is 487 g/mol. The molecule has 2 aromatic carbocycles. The molecule has 0 aliphatic heterocycles. The lowest BCUT2D eigenvalue weighted by Crippen LogP contribution is -2.27. The molecule has 0 aliphatic carbocycles. The third kappa shape index (κ3) is 5.52. The highest BCUT2D eigenvalue weighted by molar-refractivity contribution is 9.10. The SMILES string of the molecule is CCOC(=O)c1oc2ccc(Br)cc2c1COC(=O)CCNC(=O)c1ccccc1C. The van der Waals surface area contributed by atoms with Gasteiger partial charge in [0.25, 0.3) is 5.91 Å². The summed E-state index contributed by atoms with van der Waals surface area (Å²) in [6.45, 7) is 3.72. The molecule has 0 atom stereocenters. The topological polar surface area (TPSA) is 94.8 Å². The van der Waals surface area contributed by atoms with Crippen LogP contribution in [0.25, 0.3) is 11.0 Å². The fraction of sp³-hybridized carbons (Fsp3) is 0.261. The van der Waals surface area contributed by atoms with Gasteiger partial charge in [-0.3, -0.25) is 9.59 Å². The number of esters is 2. The first-order chi connectivity index (χ1) is 14.9. The van der Waals surface area contributed by atoms with E-state index >= 15 is 0 Å². The summed E-state index contributed by atoms with van der Waals surface area (Å²) >= 11 is 3.39. The Bertz CT molecular complexity index is 1120. The number of halogens is 1. The Hall–Kier alpha value is -3.13. The van der Waals surface area contributed by atoms with Gasteiger partial charge >= 0.3 is 11.9 Å². The van der Waals surface area contributed by atoms with Crippen LogP contribution in [-0.4, -0.2) is 31.0 Å². The zero-order valence-electron chi connectivity index (χ0n) is 17.2. The van der Waals surface area contributed by atoms with Crippen LogP contribution in [0.5, 0.6) is 0 Å². The highest BCUT2D eigenvalue weighted by atomic mass is 79.9. The van der Waals surface area contributed by atoms with E-state index in [-0.39, 0.29) is 37.8 Å². The van der Waals surface area contributed by atoms with E-state index in [9.17, 15) is 14.4 Å². The smallest absolute Gasteiger partial charge is 0.374 e. The summed E-state index contributed by atoms with van der Waals surface area (Å²) in [4.78, 5) is 36.7. The van der Waals surface area contributed by atoms with E-state index in [4.69, 9.17) is 13.9 Å². The predicted octanol–water partition coefficient (Wildman–Crippen LogP) is 4.54. The minimum Gasteiger partial charge on any atom is -0.461 e. The lowest BCUT2D eigenvalue weighted by atomic mass is 10.1. The molecule has 0 spiro atoms. The van der Waals surface area contributed by atoms with E-state index in [0.717, 1.165) is 10.0 Å². The first kappa shape index (κ1) is 22.6. The van der Waals surface area contributed by atoms with E-state index in [2.05, 4.69) is 21.2 Å². The highest BCUT2D eigenvalue weighted by Gasteiger charge is 2.23. The molecule has 3 aromatic rings. The number of rotatable bonds is 8. The molecule has 0 saturated heterocycles. The Labute approximate surface area is 187 Å². The van der Waals surface area contributed by atoms with Crippen molar-refractivity contribution in [2.75, 3.05) is 13.2 Å². The van der Waals surface area contributed by atoms with Gasteiger partial charge in [0.15, 0.2) is 0 Å². The summed E-state index contributed by atoms with van der Waals surface area (Å²) in [6.07, 6.45) is -0.00810. The average molecular weight is 488 g/mol. The Morgan fingerprint density at radius 2 is 1.87 bits per heavy atom. The summed E-state index contributed by atoms with van der Waals surface area (Å²) < 4.78 is 16.8. The Morgan fingerprint density at radius 1 is 1.10 bits per heavy atom. The standard InChI is InChI=1S/C23H22BrNO6/c1-3-29-23(28)21-18(17-12-15(24)8-9-19(17)31-21)13-30-20(26)10-11-25-22(27)16-7-5-4-6-14(16)2/h4-9,12H,3,10-11,13H2,1-2H3,(H,25,27). The second-order valence-corrected chi connectivity index (χ2v) is 7.67. The van der Waals surface area contributed by atoms with Crippen molar-refractivity contribution >= 4 is 44.7 Å². The van der Waals surface area contributed by atoms with Crippen LogP contribution in [0, 0.1) is 6.92 Å². The van der Waals surface area contributed by atoms with Crippen molar-refractivity contribution < 1.29 is 28.3 Å². The number of benzene rings is 2. The molecule has 0 bridgehead atoms. The molecule has 0 aliphatic rings. The zero-order valence-corrected chi connectivity index (χ0v) is 18.8. The minimum absolute atomic E-state index is 0.00810. The van der Waals surface area contributed by atoms with Crippen molar-refractivity contribution in [1.29, 1.82) is 0 Å². The first-order valence-corrected chi connectivity index (χ1v) is 10.6. The number of nitrogens with one attached hydrogen (secondary N) is 1. The second kappa shape index (κ2) is 10.3. The van der Waals surface area contributed by atoms with Gasteiger partial charge < -0.3 is 19.2 Å². The molecule has 3 rings (SSSR count). The van der Waals surface area contributed by atoms with E-state index in [1.54, 1.807) is 37.3 Å². The molecule has 162 valence electrons. The maximum absolute atomic E-state index is 12.3.